The van der Waals surface area contributed by atoms with Gasteiger partial charge < -0.3 is 6.16 Å². The number of nitrogens with zero attached hydrogens (tertiary/aromatic N) is 3. The first kappa shape index (κ1) is 30.2. The second-order valence-corrected chi connectivity index (χ2v) is 9.79. The predicted octanol–water partition coefficient (Wildman–Crippen LogP) is 2.67. The van der Waals surface area contributed by atoms with Crippen molar-refractivity contribution < 1.29 is 40.2 Å². The van der Waals surface area contributed by atoms with Crippen molar-refractivity contribution in [2.24, 2.45) is 0 Å². The van der Waals surface area contributed by atoms with Crippen LogP contribution in [0.5, 0.6) is 5.75 Å². The number of aromatic amines is 1. The average molecular weight is 561 g/mol. The van der Waals surface area contributed by atoms with Gasteiger partial charge in [0, 0.05) is 17.5 Å². The molecule has 1 N–H and O–H groups in total. The van der Waals surface area contributed by atoms with Gasteiger partial charge in [0.25, 0.3) is 5.56 Å². The van der Waals surface area contributed by atoms with Crippen LogP contribution in [0.3, 0.4) is 0 Å². The maximum absolute atomic E-state index is 13.9. The maximum Gasteiger partial charge on any atom is 1.00 e. The number of benzene rings is 3. The Morgan fingerprint density at radius 2 is 1.63 bits per heavy atom. The molecule has 0 aliphatic heterocycles. The summed E-state index contributed by atoms with van der Waals surface area (Å²) in [6.07, 6.45) is 3.26. The molecule has 3 aromatic carbocycles. The number of hydrogen-bond donors (Lipinski definition) is 1. The quantitative estimate of drug-likeness (QED) is 0.264. The summed E-state index contributed by atoms with van der Waals surface area (Å²) in [5, 5.41) is 3.85. The third-order valence-electron chi connectivity index (χ3n) is 7.07. The molecule has 0 bridgehead atoms. The Morgan fingerprint density at radius 1 is 0.951 bits per heavy atom. The van der Waals surface area contributed by atoms with Gasteiger partial charge in [-0.3, -0.25) is 18.9 Å². The van der Waals surface area contributed by atoms with E-state index in [9.17, 15) is 9.59 Å². The number of aryl methyl sites for hydroxylation is 2. The minimum Gasteiger partial charge on any atom is -1.00 e. The molecule has 0 radical (unpaired) electrons. The molecular formula is C32H33N4NaO4. The van der Waals surface area contributed by atoms with Gasteiger partial charge in [0.15, 0.2) is 5.82 Å². The number of aromatic nitrogens is 4. The molecule has 41 heavy (non-hydrogen) atoms. The number of unbranched alkanes of at least 4 members (excludes halogenated alkanes) is 1. The van der Waals surface area contributed by atoms with Gasteiger partial charge in [-0.05, 0) is 54.2 Å². The van der Waals surface area contributed by atoms with Crippen LogP contribution < -0.4 is 45.6 Å². The van der Waals surface area contributed by atoms with E-state index < -0.39 is 5.76 Å². The van der Waals surface area contributed by atoms with Crippen LogP contribution >= 0.6 is 0 Å². The van der Waals surface area contributed by atoms with Crippen LogP contribution in [0, 0.1) is 6.92 Å². The number of rotatable bonds is 10. The van der Waals surface area contributed by atoms with Gasteiger partial charge in [0.05, 0.1) is 19.3 Å². The molecule has 0 spiro atoms. The van der Waals surface area contributed by atoms with Crippen molar-refractivity contribution in [3.8, 4) is 28.3 Å². The molecule has 9 heteroatoms. The molecule has 0 fully saturated rings. The fourth-order valence-corrected chi connectivity index (χ4v) is 4.88. The van der Waals surface area contributed by atoms with Gasteiger partial charge in [-0.15, -0.1) is 0 Å². The third-order valence-corrected chi connectivity index (χ3v) is 7.07. The number of hydrogen-bond acceptors (Lipinski definition) is 6. The summed E-state index contributed by atoms with van der Waals surface area (Å²) in [6, 6.07) is 23.6. The fraction of sp³-hybridized carbons (Fsp3) is 0.250. The molecule has 2 aromatic heterocycles. The van der Waals surface area contributed by atoms with Crippen LogP contribution in [0.1, 0.15) is 49.4 Å². The summed E-state index contributed by atoms with van der Waals surface area (Å²) in [5.74, 6) is 1.28. The molecular weight excluding hydrogens is 527 g/mol. The van der Waals surface area contributed by atoms with Crippen molar-refractivity contribution in [2.45, 2.75) is 46.1 Å². The first-order valence-electron chi connectivity index (χ1n) is 13.4. The third kappa shape index (κ3) is 6.96. The molecule has 5 aromatic rings. The second-order valence-electron chi connectivity index (χ2n) is 9.79. The van der Waals surface area contributed by atoms with E-state index in [0.29, 0.717) is 24.6 Å². The molecule has 8 nitrogen and oxygen atoms in total. The Hall–Kier alpha value is -3.72. The minimum absolute atomic E-state index is 0. The van der Waals surface area contributed by atoms with Crippen molar-refractivity contribution >= 4 is 0 Å². The topological polar surface area (TPSA) is 103 Å². The van der Waals surface area contributed by atoms with E-state index in [1.165, 1.54) is 0 Å². The van der Waals surface area contributed by atoms with Crippen LogP contribution in [0.15, 0.2) is 86.9 Å². The molecule has 0 aliphatic rings. The Labute approximate surface area is 262 Å². The summed E-state index contributed by atoms with van der Waals surface area (Å²) in [5.41, 5.74) is 6.30. The standard InChI is InChI=1S/C32H32N4O4.Na.H/c1-4-5-10-29-28(31(37)36(21(2)33-29)20-23-13-17-25(39-3)18-14-23)19-22-11-15-24(16-12-22)26-8-6-7-9-27(26)30-34-32(38)40-35-30;;/h6-9,11-18H,4-5,10,19-20H2,1-3H3,(H,34,35,38);;/q;+1;-1. The van der Waals surface area contributed by atoms with Crippen LogP contribution in [0.25, 0.3) is 22.5 Å². The van der Waals surface area contributed by atoms with Crippen LogP contribution in [-0.4, -0.2) is 26.8 Å². The predicted molar refractivity (Wildman–Crippen MR) is 156 cm³/mol. The summed E-state index contributed by atoms with van der Waals surface area (Å²) in [4.78, 5) is 32.9. The van der Waals surface area contributed by atoms with E-state index in [4.69, 9.17) is 14.2 Å². The molecule has 0 unspecified atom stereocenters. The van der Waals surface area contributed by atoms with E-state index in [-0.39, 0.29) is 36.5 Å². The molecule has 2 heterocycles. The number of nitrogens with one attached hydrogen (secondary N) is 1. The van der Waals surface area contributed by atoms with Crippen molar-refractivity contribution in [3.63, 3.8) is 0 Å². The molecule has 0 atom stereocenters. The zero-order valence-electron chi connectivity index (χ0n) is 24.9. The van der Waals surface area contributed by atoms with Crippen molar-refractivity contribution in [2.75, 3.05) is 7.11 Å². The second kappa shape index (κ2) is 13.8. The van der Waals surface area contributed by atoms with E-state index >= 15 is 0 Å². The molecule has 0 amide bonds. The number of ether oxygens (including phenoxy) is 1. The minimum atomic E-state index is -0.594. The van der Waals surface area contributed by atoms with Crippen molar-refractivity contribution in [1.29, 1.82) is 0 Å². The van der Waals surface area contributed by atoms with Crippen LogP contribution in [0.2, 0.25) is 0 Å². The SMILES string of the molecule is CCCCc1nc(C)n(Cc2ccc(OC)cc2)c(=O)c1Cc1ccc(-c2ccccc2-c2noc(=O)[nH]2)cc1.[H-].[Na+]. The van der Waals surface area contributed by atoms with E-state index in [0.717, 1.165) is 64.1 Å². The van der Waals surface area contributed by atoms with Crippen LogP contribution in [-0.2, 0) is 19.4 Å². The van der Waals surface area contributed by atoms with Crippen molar-refractivity contribution in [1.82, 2.24) is 19.7 Å². The van der Waals surface area contributed by atoms with Gasteiger partial charge in [-0.2, -0.15) is 0 Å². The van der Waals surface area contributed by atoms with Crippen molar-refractivity contribution in [3.05, 3.63) is 122 Å². The summed E-state index contributed by atoms with van der Waals surface area (Å²) < 4.78 is 11.7. The normalized spacial score (nSPS) is 10.8. The molecule has 206 valence electrons. The van der Waals surface area contributed by atoms with E-state index in [1.54, 1.807) is 11.7 Å². The smallest absolute Gasteiger partial charge is 1.00 e. The van der Waals surface area contributed by atoms with Gasteiger partial charge in [-0.1, -0.05) is 79.2 Å². The van der Waals surface area contributed by atoms with E-state index in [2.05, 4.69) is 17.1 Å². The zero-order valence-corrected chi connectivity index (χ0v) is 25.9. The molecule has 0 aliphatic carbocycles. The zero-order chi connectivity index (χ0) is 28.1. The Kier molecular flexibility index (Phi) is 10.2. The first-order valence-corrected chi connectivity index (χ1v) is 13.4. The summed E-state index contributed by atoms with van der Waals surface area (Å²) >= 11 is 0. The first-order chi connectivity index (χ1) is 19.5. The fourth-order valence-electron chi connectivity index (χ4n) is 4.88. The Balaban J connectivity index is 0.00000242. The Morgan fingerprint density at radius 3 is 2.27 bits per heavy atom. The Bertz CT molecular complexity index is 1730. The molecule has 5 rings (SSSR count). The number of methoxy groups -OCH3 is 1. The largest absolute Gasteiger partial charge is 1.00 e. The van der Waals surface area contributed by atoms with Gasteiger partial charge in [0.2, 0.25) is 0 Å². The van der Waals surface area contributed by atoms with Crippen LogP contribution in [0.4, 0.5) is 0 Å². The van der Waals surface area contributed by atoms with Gasteiger partial charge in [0.1, 0.15) is 11.6 Å². The average Bonchev–Trinajstić information content (AvgIpc) is 3.42. The van der Waals surface area contributed by atoms with Gasteiger partial charge >= 0.3 is 35.3 Å². The van der Waals surface area contributed by atoms with Gasteiger partial charge in [-0.25, -0.2) is 9.78 Å². The summed E-state index contributed by atoms with van der Waals surface area (Å²) in [6.45, 7) is 4.49. The monoisotopic (exact) mass is 560 g/mol. The molecule has 0 saturated carbocycles. The summed E-state index contributed by atoms with van der Waals surface area (Å²) in [7, 11) is 1.64. The van der Waals surface area contributed by atoms with E-state index in [1.807, 2.05) is 79.7 Å². The number of H-pyrrole nitrogens is 1. The molecule has 0 saturated heterocycles. The maximum atomic E-state index is 13.9.